The smallest absolute Gasteiger partial charge is 0.122 e. The lowest BCUT2D eigenvalue weighted by Crippen LogP contribution is -2.31. The maximum atomic E-state index is 11.5. The number of benzene rings is 1. The van der Waals surface area contributed by atoms with Crippen LogP contribution in [0.5, 0.6) is 0 Å². The molecule has 2 aromatic heterocycles. The van der Waals surface area contributed by atoms with Crippen LogP contribution < -0.4 is 0 Å². The third-order valence-corrected chi connectivity index (χ3v) is 4.09. The van der Waals surface area contributed by atoms with Crippen LogP contribution in [0.15, 0.2) is 67.8 Å². The molecule has 1 N–H and O–H groups in total. The fourth-order valence-electron chi connectivity index (χ4n) is 2.60. The van der Waals surface area contributed by atoms with Crippen molar-refractivity contribution in [2.24, 2.45) is 0 Å². The van der Waals surface area contributed by atoms with Crippen LogP contribution in [0.4, 0.5) is 0 Å². The second kappa shape index (κ2) is 6.36. The number of imidazole rings is 1. The van der Waals surface area contributed by atoms with Gasteiger partial charge in [0.05, 0.1) is 0 Å². The molecule has 0 aliphatic heterocycles. The second-order valence-electron chi connectivity index (χ2n) is 5.21. The number of halogens is 1. The predicted octanol–water partition coefficient (Wildman–Crippen LogP) is 3.51. The highest BCUT2D eigenvalue weighted by molar-refractivity contribution is 6.30. The van der Waals surface area contributed by atoms with Crippen molar-refractivity contribution in [2.45, 2.75) is 12.0 Å². The molecule has 2 heterocycles. The van der Waals surface area contributed by atoms with Crippen LogP contribution in [0.2, 0.25) is 5.02 Å². The summed E-state index contributed by atoms with van der Waals surface area (Å²) in [6, 6.07) is 10.8. The van der Waals surface area contributed by atoms with E-state index in [4.69, 9.17) is 11.6 Å². The first-order valence-corrected chi connectivity index (χ1v) is 7.54. The molecule has 0 bridgehead atoms. The lowest BCUT2D eigenvalue weighted by Gasteiger charge is -2.29. The van der Waals surface area contributed by atoms with E-state index in [1.807, 2.05) is 12.1 Å². The molecule has 1 aromatic carbocycles. The number of nitrogens with zero attached hydrogens (tertiary/aromatic N) is 3. The highest BCUT2D eigenvalue weighted by atomic mass is 35.5. The molecule has 23 heavy (non-hydrogen) atoms. The van der Waals surface area contributed by atoms with Crippen molar-refractivity contribution in [2.75, 3.05) is 0 Å². The zero-order valence-corrected chi connectivity index (χ0v) is 13.2. The summed E-state index contributed by atoms with van der Waals surface area (Å²) in [5.74, 6) is 0.717. The van der Waals surface area contributed by atoms with Crippen molar-refractivity contribution in [1.29, 1.82) is 0 Å². The highest BCUT2D eigenvalue weighted by Crippen LogP contribution is 2.33. The molecule has 1 unspecified atom stereocenters. The monoisotopic (exact) mass is 325 g/mol. The van der Waals surface area contributed by atoms with Crippen molar-refractivity contribution >= 4 is 17.8 Å². The average molecular weight is 326 g/mol. The lowest BCUT2D eigenvalue weighted by atomic mass is 9.84. The Bertz CT molecular complexity index is 799. The molecule has 0 saturated carbocycles. The van der Waals surface area contributed by atoms with Gasteiger partial charge in [0.25, 0.3) is 0 Å². The Labute approximate surface area is 139 Å². The Kier molecular flexibility index (Phi) is 4.28. The molecule has 0 fully saturated rings. The largest absolute Gasteiger partial charge is 0.380 e. The van der Waals surface area contributed by atoms with Gasteiger partial charge in [-0.15, -0.1) is 0 Å². The van der Waals surface area contributed by atoms with E-state index >= 15 is 0 Å². The van der Waals surface area contributed by atoms with Gasteiger partial charge in [0.15, 0.2) is 0 Å². The summed E-state index contributed by atoms with van der Waals surface area (Å²) >= 11 is 5.98. The van der Waals surface area contributed by atoms with Crippen LogP contribution in [0.1, 0.15) is 17.0 Å². The van der Waals surface area contributed by atoms with E-state index < -0.39 is 5.60 Å². The van der Waals surface area contributed by atoms with E-state index in [9.17, 15) is 5.11 Å². The SMILES string of the molecule is C=Cn1ccnc1CC(O)(c1ccncc1)c1ccc(Cl)cc1. The van der Waals surface area contributed by atoms with Gasteiger partial charge in [-0.25, -0.2) is 4.98 Å². The maximum absolute atomic E-state index is 11.5. The van der Waals surface area contributed by atoms with Gasteiger partial charge in [0.1, 0.15) is 11.4 Å². The summed E-state index contributed by atoms with van der Waals surface area (Å²) in [6.07, 6.45) is 8.78. The van der Waals surface area contributed by atoms with Gasteiger partial charge < -0.3 is 9.67 Å². The average Bonchev–Trinajstić information content (AvgIpc) is 3.03. The minimum atomic E-state index is -1.24. The van der Waals surface area contributed by atoms with Crippen molar-refractivity contribution < 1.29 is 5.11 Å². The number of rotatable bonds is 5. The quantitative estimate of drug-likeness (QED) is 0.781. The molecule has 0 radical (unpaired) electrons. The summed E-state index contributed by atoms with van der Waals surface area (Å²) in [4.78, 5) is 8.36. The predicted molar refractivity (Wildman–Crippen MR) is 91.0 cm³/mol. The minimum absolute atomic E-state index is 0.303. The third kappa shape index (κ3) is 3.04. The van der Waals surface area contributed by atoms with E-state index in [-0.39, 0.29) is 0 Å². The molecule has 0 aliphatic carbocycles. The molecular weight excluding hydrogens is 310 g/mol. The van der Waals surface area contributed by atoms with Crippen molar-refractivity contribution in [3.05, 3.63) is 89.7 Å². The molecule has 3 aromatic rings. The molecule has 4 nitrogen and oxygen atoms in total. The van der Waals surface area contributed by atoms with Crippen molar-refractivity contribution in [3.8, 4) is 0 Å². The van der Waals surface area contributed by atoms with Gasteiger partial charge in [-0.05, 0) is 35.4 Å². The van der Waals surface area contributed by atoms with Gasteiger partial charge in [0.2, 0.25) is 0 Å². The number of pyridine rings is 1. The van der Waals surface area contributed by atoms with Gasteiger partial charge >= 0.3 is 0 Å². The molecular formula is C18H16ClN3O. The summed E-state index contributed by atoms with van der Waals surface area (Å²) in [7, 11) is 0. The number of hydrogen-bond acceptors (Lipinski definition) is 3. The van der Waals surface area contributed by atoms with Crippen LogP contribution in [0, 0.1) is 0 Å². The molecule has 116 valence electrons. The van der Waals surface area contributed by atoms with Gasteiger partial charge in [-0.3, -0.25) is 4.98 Å². The standard InChI is InChI=1S/C18H16ClN3O/c1-2-22-12-11-21-17(22)13-18(23,15-7-9-20-10-8-15)14-3-5-16(19)6-4-14/h2-12,23H,1,13H2. The highest BCUT2D eigenvalue weighted by Gasteiger charge is 2.33. The first kappa shape index (κ1) is 15.5. The molecule has 5 heteroatoms. The van der Waals surface area contributed by atoms with Crippen molar-refractivity contribution in [1.82, 2.24) is 14.5 Å². The molecule has 0 aliphatic rings. The first-order chi connectivity index (χ1) is 11.1. The van der Waals surface area contributed by atoms with E-state index in [2.05, 4.69) is 16.5 Å². The van der Waals surface area contributed by atoms with Gasteiger partial charge in [-0.1, -0.05) is 30.3 Å². The molecule has 0 saturated heterocycles. The number of hydrogen-bond donors (Lipinski definition) is 1. The van der Waals surface area contributed by atoms with Crippen LogP contribution in [0.3, 0.4) is 0 Å². The summed E-state index contributed by atoms with van der Waals surface area (Å²) in [5.41, 5.74) is 0.250. The second-order valence-corrected chi connectivity index (χ2v) is 5.65. The normalized spacial score (nSPS) is 13.5. The molecule has 1 atom stereocenters. The van der Waals surface area contributed by atoms with Crippen LogP contribution in [0.25, 0.3) is 6.20 Å². The first-order valence-electron chi connectivity index (χ1n) is 7.16. The van der Waals surface area contributed by atoms with Crippen molar-refractivity contribution in [3.63, 3.8) is 0 Å². The molecule has 0 spiro atoms. The number of aliphatic hydroxyl groups is 1. The van der Waals surface area contributed by atoms with Gasteiger partial charge in [-0.2, -0.15) is 0 Å². The van der Waals surface area contributed by atoms with Crippen LogP contribution in [-0.4, -0.2) is 19.6 Å². The Morgan fingerprint density at radius 3 is 2.39 bits per heavy atom. The Morgan fingerprint density at radius 2 is 1.74 bits per heavy atom. The van der Waals surface area contributed by atoms with E-state index in [0.717, 1.165) is 11.1 Å². The third-order valence-electron chi connectivity index (χ3n) is 3.84. The number of aromatic nitrogens is 3. The topological polar surface area (TPSA) is 50.9 Å². The fourth-order valence-corrected chi connectivity index (χ4v) is 2.73. The zero-order valence-electron chi connectivity index (χ0n) is 12.4. The molecule has 0 amide bonds. The summed E-state index contributed by atoms with van der Waals surface area (Å²) < 4.78 is 1.79. The summed E-state index contributed by atoms with van der Waals surface area (Å²) in [6.45, 7) is 3.76. The Morgan fingerprint density at radius 1 is 1.09 bits per heavy atom. The molecule has 3 rings (SSSR count). The maximum Gasteiger partial charge on any atom is 0.122 e. The van der Waals surface area contributed by atoms with Crippen LogP contribution in [-0.2, 0) is 12.0 Å². The van der Waals surface area contributed by atoms with Crippen LogP contribution >= 0.6 is 11.6 Å². The fraction of sp³-hybridized carbons (Fsp3) is 0.111. The van der Waals surface area contributed by atoms with E-state index in [1.54, 1.807) is 59.8 Å². The van der Waals surface area contributed by atoms with E-state index in [1.165, 1.54) is 0 Å². The Hall–Kier alpha value is -2.43. The lowest BCUT2D eigenvalue weighted by molar-refractivity contribution is 0.0785. The summed E-state index contributed by atoms with van der Waals surface area (Å²) in [5, 5.41) is 12.1. The van der Waals surface area contributed by atoms with Gasteiger partial charge in [0, 0.05) is 42.4 Å². The Balaban J connectivity index is 2.10. The zero-order chi connectivity index (χ0) is 16.3. The van der Waals surface area contributed by atoms with E-state index in [0.29, 0.717) is 17.3 Å². The minimum Gasteiger partial charge on any atom is -0.380 e.